The number of amides is 1. The molecule has 1 heterocycles. The lowest BCUT2D eigenvalue weighted by Gasteiger charge is -2.14. The van der Waals surface area contributed by atoms with Gasteiger partial charge in [-0.25, -0.2) is 17.4 Å². The lowest BCUT2D eigenvalue weighted by molar-refractivity contribution is 0.102. The maximum atomic E-state index is 12.8. The van der Waals surface area contributed by atoms with E-state index < -0.39 is 15.9 Å². The first-order valence-electron chi connectivity index (χ1n) is 8.48. The summed E-state index contributed by atoms with van der Waals surface area (Å²) in [6, 6.07) is 12.9. The van der Waals surface area contributed by atoms with Crippen molar-refractivity contribution in [3.63, 3.8) is 0 Å². The highest BCUT2D eigenvalue weighted by Gasteiger charge is 2.21. The SMILES string of the molecule is CN(C)S(=O)(=O)c1ccc(Cl)c(C(=O)Nc2ccnn2Cc2cccc(Cl)c2)c1. The molecule has 0 atom stereocenters. The zero-order valence-corrected chi connectivity index (χ0v) is 18.0. The number of benzene rings is 2. The molecule has 0 saturated heterocycles. The van der Waals surface area contributed by atoms with Gasteiger partial charge in [-0.15, -0.1) is 0 Å². The third-order valence-corrected chi connectivity index (χ3v) is 6.52. The van der Waals surface area contributed by atoms with Gasteiger partial charge in [0, 0.05) is 25.2 Å². The van der Waals surface area contributed by atoms with E-state index in [1.54, 1.807) is 29.1 Å². The van der Waals surface area contributed by atoms with E-state index in [0.717, 1.165) is 9.87 Å². The van der Waals surface area contributed by atoms with Crippen LogP contribution in [0, 0.1) is 0 Å². The number of anilines is 1. The largest absolute Gasteiger partial charge is 0.307 e. The van der Waals surface area contributed by atoms with Crippen molar-refractivity contribution >= 4 is 45.0 Å². The minimum atomic E-state index is -3.70. The fraction of sp³-hybridized carbons (Fsp3) is 0.158. The van der Waals surface area contributed by atoms with Gasteiger partial charge in [0.15, 0.2) is 0 Å². The summed E-state index contributed by atoms with van der Waals surface area (Å²) in [6.07, 6.45) is 1.55. The van der Waals surface area contributed by atoms with E-state index in [1.807, 2.05) is 12.1 Å². The molecule has 1 amide bonds. The number of nitrogens with zero attached hydrogens (tertiary/aromatic N) is 3. The highest BCUT2D eigenvalue weighted by atomic mass is 35.5. The quantitative estimate of drug-likeness (QED) is 0.617. The summed E-state index contributed by atoms with van der Waals surface area (Å²) >= 11 is 12.2. The van der Waals surface area contributed by atoms with Crippen LogP contribution >= 0.6 is 23.2 Å². The van der Waals surface area contributed by atoms with Crippen LogP contribution in [0.4, 0.5) is 5.82 Å². The van der Waals surface area contributed by atoms with Crippen LogP contribution in [-0.2, 0) is 16.6 Å². The van der Waals surface area contributed by atoms with Gasteiger partial charge in [-0.2, -0.15) is 5.10 Å². The Bertz CT molecular complexity index is 1160. The number of hydrogen-bond acceptors (Lipinski definition) is 4. The van der Waals surface area contributed by atoms with Crippen molar-refractivity contribution in [3.8, 4) is 0 Å². The van der Waals surface area contributed by atoms with Crippen LogP contribution in [0.1, 0.15) is 15.9 Å². The molecular formula is C19H18Cl2N4O3S. The number of sulfonamides is 1. The van der Waals surface area contributed by atoms with Crippen LogP contribution in [-0.4, -0.2) is 42.5 Å². The Morgan fingerprint density at radius 3 is 2.59 bits per heavy atom. The van der Waals surface area contributed by atoms with Gasteiger partial charge in [-0.3, -0.25) is 4.79 Å². The molecule has 3 rings (SSSR count). The van der Waals surface area contributed by atoms with E-state index >= 15 is 0 Å². The first-order valence-corrected chi connectivity index (χ1v) is 10.7. The second kappa shape index (κ2) is 8.54. The highest BCUT2D eigenvalue weighted by molar-refractivity contribution is 7.89. The van der Waals surface area contributed by atoms with Gasteiger partial charge in [0.2, 0.25) is 10.0 Å². The number of carbonyl (C=O) groups is 1. The zero-order valence-electron chi connectivity index (χ0n) is 15.6. The van der Waals surface area contributed by atoms with Gasteiger partial charge in [-0.05, 0) is 35.9 Å². The Labute approximate surface area is 178 Å². The fourth-order valence-electron chi connectivity index (χ4n) is 2.61. The second-order valence-electron chi connectivity index (χ2n) is 6.39. The monoisotopic (exact) mass is 452 g/mol. The number of aromatic nitrogens is 2. The maximum Gasteiger partial charge on any atom is 0.258 e. The zero-order chi connectivity index (χ0) is 21.2. The maximum absolute atomic E-state index is 12.8. The molecule has 1 aromatic heterocycles. The number of nitrogens with one attached hydrogen (secondary N) is 1. The first kappa shape index (κ1) is 21.3. The molecule has 0 aliphatic heterocycles. The Kier molecular flexibility index (Phi) is 6.28. The number of halogens is 2. The summed E-state index contributed by atoms with van der Waals surface area (Å²) in [7, 11) is -0.870. The lowest BCUT2D eigenvalue weighted by Crippen LogP contribution is -2.23. The lowest BCUT2D eigenvalue weighted by atomic mass is 10.2. The van der Waals surface area contributed by atoms with Gasteiger partial charge in [0.05, 0.1) is 28.2 Å². The van der Waals surface area contributed by atoms with Gasteiger partial charge >= 0.3 is 0 Å². The van der Waals surface area contributed by atoms with Gasteiger partial charge in [0.1, 0.15) is 5.82 Å². The molecular weight excluding hydrogens is 435 g/mol. The van der Waals surface area contributed by atoms with E-state index in [9.17, 15) is 13.2 Å². The summed E-state index contributed by atoms with van der Waals surface area (Å²) in [4.78, 5) is 12.8. The molecule has 3 aromatic rings. The normalized spacial score (nSPS) is 11.6. The van der Waals surface area contributed by atoms with Crippen molar-refractivity contribution in [2.75, 3.05) is 19.4 Å². The molecule has 7 nitrogen and oxygen atoms in total. The summed E-state index contributed by atoms with van der Waals surface area (Å²) in [5, 5.41) is 7.68. The molecule has 0 spiro atoms. The third-order valence-electron chi connectivity index (χ3n) is 4.14. The van der Waals surface area contributed by atoms with Crippen LogP contribution < -0.4 is 5.32 Å². The summed E-state index contributed by atoms with van der Waals surface area (Å²) in [5.41, 5.74) is 0.957. The van der Waals surface area contributed by atoms with Crippen molar-refractivity contribution in [2.24, 2.45) is 0 Å². The average Bonchev–Trinajstić information content (AvgIpc) is 3.08. The smallest absolute Gasteiger partial charge is 0.258 e. The topological polar surface area (TPSA) is 84.3 Å². The third kappa shape index (κ3) is 4.79. The number of carbonyl (C=O) groups excluding carboxylic acids is 1. The Balaban J connectivity index is 1.86. The van der Waals surface area contributed by atoms with E-state index in [0.29, 0.717) is 17.4 Å². The highest BCUT2D eigenvalue weighted by Crippen LogP contribution is 2.23. The molecule has 0 unspecified atom stereocenters. The van der Waals surface area contributed by atoms with Crippen LogP contribution in [0.3, 0.4) is 0 Å². The van der Waals surface area contributed by atoms with Crippen LogP contribution in [0.15, 0.2) is 59.6 Å². The summed E-state index contributed by atoms with van der Waals surface area (Å²) < 4.78 is 27.4. The van der Waals surface area contributed by atoms with Gasteiger partial charge in [0.25, 0.3) is 5.91 Å². The molecule has 2 aromatic carbocycles. The first-order chi connectivity index (χ1) is 13.7. The predicted octanol–water partition coefficient (Wildman–Crippen LogP) is 3.74. The molecule has 1 N–H and O–H groups in total. The molecule has 0 aliphatic rings. The van der Waals surface area contributed by atoms with Gasteiger partial charge in [-0.1, -0.05) is 35.3 Å². The van der Waals surface area contributed by atoms with E-state index in [2.05, 4.69) is 10.4 Å². The Morgan fingerprint density at radius 1 is 1.14 bits per heavy atom. The van der Waals surface area contributed by atoms with E-state index in [1.165, 1.54) is 32.3 Å². The number of rotatable bonds is 6. The summed E-state index contributed by atoms with van der Waals surface area (Å²) in [6.45, 7) is 0.395. The minimum absolute atomic E-state index is 0.0236. The van der Waals surface area contributed by atoms with Crippen LogP contribution in [0.25, 0.3) is 0 Å². The van der Waals surface area contributed by atoms with Crippen molar-refractivity contribution < 1.29 is 13.2 Å². The Hall–Kier alpha value is -2.39. The standard InChI is InChI=1S/C19H18Cl2N4O3S/c1-24(2)29(27,28)15-6-7-17(21)16(11-15)19(26)23-18-8-9-22-25(18)12-13-4-3-5-14(20)10-13/h3-11H,12H2,1-2H3,(H,23,26). The second-order valence-corrected chi connectivity index (χ2v) is 9.38. The summed E-state index contributed by atoms with van der Waals surface area (Å²) in [5.74, 6) is -0.106. The minimum Gasteiger partial charge on any atom is -0.307 e. The van der Waals surface area contributed by atoms with Crippen molar-refractivity contribution in [1.29, 1.82) is 0 Å². The molecule has 0 saturated carbocycles. The fourth-order valence-corrected chi connectivity index (χ4v) is 3.95. The Morgan fingerprint density at radius 2 is 1.90 bits per heavy atom. The predicted molar refractivity (Wildman–Crippen MR) is 113 cm³/mol. The average molecular weight is 453 g/mol. The van der Waals surface area contributed by atoms with Crippen LogP contribution in [0.2, 0.25) is 10.0 Å². The molecule has 0 fully saturated rings. The number of hydrogen-bond donors (Lipinski definition) is 1. The molecule has 0 bridgehead atoms. The van der Waals surface area contributed by atoms with E-state index in [-0.39, 0.29) is 15.5 Å². The molecule has 0 radical (unpaired) electrons. The molecule has 0 aliphatic carbocycles. The van der Waals surface area contributed by atoms with Crippen molar-refractivity contribution in [2.45, 2.75) is 11.4 Å². The molecule has 29 heavy (non-hydrogen) atoms. The molecule has 10 heteroatoms. The van der Waals surface area contributed by atoms with Crippen molar-refractivity contribution in [1.82, 2.24) is 14.1 Å². The van der Waals surface area contributed by atoms with Crippen LogP contribution in [0.5, 0.6) is 0 Å². The van der Waals surface area contributed by atoms with Gasteiger partial charge < -0.3 is 5.32 Å². The van der Waals surface area contributed by atoms with Crippen molar-refractivity contribution in [3.05, 3.63) is 75.9 Å². The molecule has 152 valence electrons. The van der Waals surface area contributed by atoms with E-state index in [4.69, 9.17) is 23.2 Å².